The van der Waals surface area contributed by atoms with Gasteiger partial charge in [0.05, 0.1) is 4.92 Å². The predicted octanol–water partition coefficient (Wildman–Crippen LogP) is 3.58. The van der Waals surface area contributed by atoms with Crippen LogP contribution in [0.5, 0.6) is 0 Å². The Labute approximate surface area is 114 Å². The van der Waals surface area contributed by atoms with E-state index in [0.717, 1.165) is 24.8 Å². The van der Waals surface area contributed by atoms with Crippen molar-refractivity contribution in [3.63, 3.8) is 0 Å². The van der Waals surface area contributed by atoms with Gasteiger partial charge >= 0.3 is 0 Å². The van der Waals surface area contributed by atoms with Crippen molar-refractivity contribution in [1.29, 1.82) is 0 Å². The Balaban J connectivity index is 2.03. The fourth-order valence-electron chi connectivity index (χ4n) is 2.93. The molecule has 0 unspecified atom stereocenters. The van der Waals surface area contributed by atoms with E-state index >= 15 is 0 Å². The maximum absolute atomic E-state index is 10.6. The molecular weight excluding hydrogens is 240 g/mol. The summed E-state index contributed by atoms with van der Waals surface area (Å²) in [4.78, 5) is 10.3. The summed E-state index contributed by atoms with van der Waals surface area (Å²) in [7, 11) is 0. The Morgan fingerprint density at radius 2 is 1.58 bits per heavy atom. The van der Waals surface area contributed by atoms with Gasteiger partial charge in [-0.2, -0.15) is 0 Å². The molecule has 0 heterocycles. The molecule has 0 bridgehead atoms. The number of hydrogen-bond donors (Lipinski definition) is 1. The van der Waals surface area contributed by atoms with Crippen molar-refractivity contribution in [3.8, 4) is 0 Å². The Hall–Kier alpha value is -1.42. The minimum Gasteiger partial charge on any atom is -0.325 e. The third-order valence-corrected chi connectivity index (χ3v) is 4.05. The predicted molar refractivity (Wildman–Crippen MR) is 76.0 cm³/mol. The molecular formula is C15H22N2O2. The van der Waals surface area contributed by atoms with Crippen molar-refractivity contribution in [1.82, 2.24) is 0 Å². The molecule has 104 valence electrons. The summed E-state index contributed by atoms with van der Waals surface area (Å²) in [6.45, 7) is 0. The summed E-state index contributed by atoms with van der Waals surface area (Å²) < 4.78 is 0. The highest BCUT2D eigenvalue weighted by molar-refractivity contribution is 5.33. The Morgan fingerprint density at radius 3 is 2.11 bits per heavy atom. The van der Waals surface area contributed by atoms with Crippen molar-refractivity contribution < 1.29 is 4.92 Å². The molecule has 1 aromatic carbocycles. The molecule has 0 aliphatic heterocycles. The number of nitro groups is 1. The summed E-state index contributed by atoms with van der Waals surface area (Å²) >= 11 is 0. The molecule has 4 nitrogen and oxygen atoms in total. The number of benzene rings is 1. The van der Waals surface area contributed by atoms with Gasteiger partial charge < -0.3 is 5.73 Å². The van der Waals surface area contributed by atoms with E-state index in [0.29, 0.717) is 0 Å². The topological polar surface area (TPSA) is 69.2 Å². The second-order valence-corrected chi connectivity index (χ2v) is 5.73. The van der Waals surface area contributed by atoms with Gasteiger partial charge in [-0.25, -0.2) is 0 Å². The van der Waals surface area contributed by atoms with Crippen LogP contribution in [0.25, 0.3) is 0 Å². The first-order chi connectivity index (χ1) is 9.09. The normalized spacial score (nSPS) is 19.4. The molecule has 1 fully saturated rings. The van der Waals surface area contributed by atoms with Crippen LogP contribution in [0.3, 0.4) is 0 Å². The van der Waals surface area contributed by atoms with Crippen molar-refractivity contribution >= 4 is 5.69 Å². The third kappa shape index (κ3) is 4.03. The van der Waals surface area contributed by atoms with Crippen LogP contribution in [-0.2, 0) is 6.42 Å². The van der Waals surface area contributed by atoms with E-state index in [-0.39, 0.29) is 16.1 Å². The molecule has 4 heteroatoms. The molecule has 0 amide bonds. The SMILES string of the molecule is NC1(Cc2ccc([N+](=O)[O-])cc2)CCCCCCC1. The lowest BCUT2D eigenvalue weighted by Crippen LogP contribution is -2.42. The molecule has 1 saturated carbocycles. The van der Waals surface area contributed by atoms with Gasteiger partial charge in [0.1, 0.15) is 0 Å². The molecule has 1 aliphatic carbocycles. The minimum atomic E-state index is -0.363. The molecule has 0 aromatic heterocycles. The highest BCUT2D eigenvalue weighted by Gasteiger charge is 2.25. The average molecular weight is 262 g/mol. The standard InChI is InChI=1S/C15H22N2O2/c16-15(10-4-2-1-3-5-11-15)12-13-6-8-14(9-7-13)17(18)19/h6-9H,1-5,10-12,16H2. The molecule has 0 saturated heterocycles. The van der Waals surface area contributed by atoms with E-state index in [1.54, 1.807) is 12.1 Å². The maximum Gasteiger partial charge on any atom is 0.269 e. The van der Waals surface area contributed by atoms with E-state index in [1.807, 2.05) is 12.1 Å². The first-order valence-electron chi connectivity index (χ1n) is 7.11. The zero-order chi connectivity index (χ0) is 13.7. The lowest BCUT2D eigenvalue weighted by Gasteiger charge is -2.31. The van der Waals surface area contributed by atoms with Crippen molar-refractivity contribution in [2.75, 3.05) is 0 Å². The molecule has 0 radical (unpaired) electrons. The average Bonchev–Trinajstić information content (AvgIpc) is 2.35. The second kappa shape index (κ2) is 6.15. The number of nitro benzene ring substituents is 1. The van der Waals surface area contributed by atoms with Crippen LogP contribution in [-0.4, -0.2) is 10.5 Å². The Morgan fingerprint density at radius 1 is 1.05 bits per heavy atom. The van der Waals surface area contributed by atoms with Crippen LogP contribution in [0, 0.1) is 10.1 Å². The van der Waals surface area contributed by atoms with E-state index < -0.39 is 0 Å². The zero-order valence-electron chi connectivity index (χ0n) is 11.3. The smallest absolute Gasteiger partial charge is 0.269 e. The molecule has 2 N–H and O–H groups in total. The van der Waals surface area contributed by atoms with E-state index in [2.05, 4.69) is 0 Å². The number of nitrogens with zero attached hydrogens (tertiary/aromatic N) is 1. The minimum absolute atomic E-state index is 0.128. The van der Waals surface area contributed by atoms with Crippen LogP contribution in [0.4, 0.5) is 5.69 Å². The summed E-state index contributed by atoms with van der Waals surface area (Å²) in [6, 6.07) is 6.82. The van der Waals surface area contributed by atoms with E-state index in [9.17, 15) is 10.1 Å². The first-order valence-corrected chi connectivity index (χ1v) is 7.11. The summed E-state index contributed by atoms with van der Waals surface area (Å²) in [6.07, 6.45) is 9.22. The van der Waals surface area contributed by atoms with Gasteiger partial charge in [-0.05, 0) is 24.8 Å². The lowest BCUT2D eigenvalue weighted by molar-refractivity contribution is -0.384. The molecule has 2 rings (SSSR count). The molecule has 1 aliphatic rings. The van der Waals surface area contributed by atoms with Crippen molar-refractivity contribution in [3.05, 3.63) is 39.9 Å². The molecule has 0 spiro atoms. The maximum atomic E-state index is 10.6. The zero-order valence-corrected chi connectivity index (χ0v) is 11.3. The third-order valence-electron chi connectivity index (χ3n) is 4.05. The highest BCUT2D eigenvalue weighted by atomic mass is 16.6. The van der Waals surface area contributed by atoms with Crippen LogP contribution in [0.2, 0.25) is 0 Å². The fraction of sp³-hybridized carbons (Fsp3) is 0.600. The highest BCUT2D eigenvalue weighted by Crippen LogP contribution is 2.28. The van der Waals surface area contributed by atoms with Gasteiger partial charge in [0.15, 0.2) is 0 Å². The number of non-ortho nitro benzene ring substituents is 1. The van der Waals surface area contributed by atoms with Gasteiger partial charge in [0, 0.05) is 17.7 Å². The number of rotatable bonds is 3. The van der Waals surface area contributed by atoms with Gasteiger partial charge in [-0.15, -0.1) is 0 Å². The van der Waals surface area contributed by atoms with Crippen LogP contribution >= 0.6 is 0 Å². The first kappa shape index (κ1) is 14.0. The van der Waals surface area contributed by atoms with Gasteiger partial charge in [0.25, 0.3) is 5.69 Å². The molecule has 0 atom stereocenters. The fourth-order valence-corrected chi connectivity index (χ4v) is 2.93. The van der Waals surface area contributed by atoms with Crippen LogP contribution in [0.15, 0.2) is 24.3 Å². The van der Waals surface area contributed by atoms with E-state index in [4.69, 9.17) is 5.73 Å². The quantitative estimate of drug-likeness (QED) is 0.668. The Bertz CT molecular complexity index is 420. The second-order valence-electron chi connectivity index (χ2n) is 5.73. The van der Waals surface area contributed by atoms with Crippen molar-refractivity contribution in [2.45, 2.75) is 56.9 Å². The van der Waals surface area contributed by atoms with E-state index in [1.165, 1.54) is 32.1 Å². The van der Waals surface area contributed by atoms with Gasteiger partial charge in [-0.3, -0.25) is 10.1 Å². The lowest BCUT2D eigenvalue weighted by atomic mass is 9.80. The summed E-state index contributed by atoms with van der Waals surface area (Å²) in [5.74, 6) is 0. The summed E-state index contributed by atoms with van der Waals surface area (Å²) in [5, 5.41) is 10.6. The monoisotopic (exact) mass is 262 g/mol. The van der Waals surface area contributed by atoms with Crippen LogP contribution in [0.1, 0.15) is 50.5 Å². The van der Waals surface area contributed by atoms with Crippen molar-refractivity contribution in [2.24, 2.45) is 5.73 Å². The largest absolute Gasteiger partial charge is 0.325 e. The summed E-state index contributed by atoms with van der Waals surface area (Å²) in [5.41, 5.74) is 7.65. The van der Waals surface area contributed by atoms with Gasteiger partial charge in [0.2, 0.25) is 0 Å². The Kier molecular flexibility index (Phi) is 4.53. The van der Waals surface area contributed by atoms with Crippen LogP contribution < -0.4 is 5.73 Å². The molecule has 1 aromatic rings. The number of hydrogen-bond acceptors (Lipinski definition) is 3. The van der Waals surface area contributed by atoms with Gasteiger partial charge in [-0.1, -0.05) is 44.2 Å². The molecule has 19 heavy (non-hydrogen) atoms. The number of nitrogens with two attached hydrogens (primary N) is 1.